The fourth-order valence-corrected chi connectivity index (χ4v) is 1.99. The maximum atomic E-state index is 8.78. The average Bonchev–Trinajstić information content (AvgIpc) is 2.48. The number of hydrogen-bond donors (Lipinski definition) is 0. The smallest absolute Gasteiger partial charge is 0.142 e. The van der Waals surface area contributed by atoms with Gasteiger partial charge in [-0.2, -0.15) is 5.26 Å². The molecule has 0 aliphatic rings. The minimum Gasteiger partial charge on any atom is -0.495 e. The van der Waals surface area contributed by atoms with Gasteiger partial charge < -0.3 is 9.64 Å². The molecule has 0 spiro atoms. The first kappa shape index (κ1) is 13.0. The first-order chi connectivity index (χ1) is 9.24. The number of ether oxygens (including phenoxy) is 1. The van der Waals surface area contributed by atoms with Crippen molar-refractivity contribution in [2.45, 2.75) is 6.54 Å². The van der Waals surface area contributed by atoms with E-state index in [2.05, 4.69) is 11.0 Å². The van der Waals surface area contributed by atoms with E-state index in [9.17, 15) is 0 Å². The molecular formula is C16H16N2O. The van der Waals surface area contributed by atoms with Crippen LogP contribution in [0.15, 0.2) is 48.5 Å². The van der Waals surface area contributed by atoms with E-state index >= 15 is 0 Å². The summed E-state index contributed by atoms with van der Waals surface area (Å²) in [4.78, 5) is 2.13. The molecule has 96 valence electrons. The normalized spacial score (nSPS) is 9.74. The summed E-state index contributed by atoms with van der Waals surface area (Å²) in [7, 11) is 3.70. The number of rotatable bonds is 4. The molecule has 2 rings (SSSR count). The molecule has 0 radical (unpaired) electrons. The van der Waals surface area contributed by atoms with Crippen molar-refractivity contribution >= 4 is 5.69 Å². The molecule has 0 heterocycles. The predicted octanol–water partition coefficient (Wildman–Crippen LogP) is 3.20. The van der Waals surface area contributed by atoms with Crippen molar-refractivity contribution < 1.29 is 4.74 Å². The van der Waals surface area contributed by atoms with Crippen molar-refractivity contribution in [3.8, 4) is 11.8 Å². The molecule has 3 heteroatoms. The molecule has 0 aromatic heterocycles. The standard InChI is InChI=1S/C16H16N2O/c1-18(15-5-3-4-6-16(15)19-2)12-14-9-7-13(11-17)8-10-14/h3-10H,12H2,1-2H3. The second-order valence-corrected chi connectivity index (χ2v) is 4.34. The number of benzene rings is 2. The Kier molecular flexibility index (Phi) is 4.04. The van der Waals surface area contributed by atoms with Crippen LogP contribution in [0.1, 0.15) is 11.1 Å². The van der Waals surface area contributed by atoms with Crippen molar-refractivity contribution in [3.63, 3.8) is 0 Å². The minimum atomic E-state index is 0.684. The van der Waals surface area contributed by atoms with Crippen LogP contribution in [-0.2, 0) is 6.54 Å². The third-order valence-corrected chi connectivity index (χ3v) is 3.00. The van der Waals surface area contributed by atoms with Gasteiger partial charge in [0.2, 0.25) is 0 Å². The van der Waals surface area contributed by atoms with Gasteiger partial charge in [-0.15, -0.1) is 0 Å². The molecule has 2 aromatic rings. The van der Waals surface area contributed by atoms with Crippen molar-refractivity contribution in [1.82, 2.24) is 0 Å². The van der Waals surface area contributed by atoms with E-state index in [1.54, 1.807) is 7.11 Å². The summed E-state index contributed by atoms with van der Waals surface area (Å²) in [6, 6.07) is 17.7. The van der Waals surface area contributed by atoms with Crippen LogP contribution < -0.4 is 9.64 Å². The maximum absolute atomic E-state index is 8.78. The van der Waals surface area contributed by atoms with E-state index in [0.717, 1.165) is 23.5 Å². The largest absolute Gasteiger partial charge is 0.495 e. The van der Waals surface area contributed by atoms with Crippen LogP contribution in [0.25, 0.3) is 0 Å². The van der Waals surface area contributed by atoms with E-state index in [1.165, 1.54) is 0 Å². The zero-order valence-electron chi connectivity index (χ0n) is 11.1. The first-order valence-electron chi connectivity index (χ1n) is 6.08. The van der Waals surface area contributed by atoms with E-state index < -0.39 is 0 Å². The maximum Gasteiger partial charge on any atom is 0.142 e. The molecule has 19 heavy (non-hydrogen) atoms. The van der Waals surface area contributed by atoms with Crippen LogP contribution in [0, 0.1) is 11.3 Å². The molecular weight excluding hydrogens is 236 g/mol. The van der Waals surface area contributed by atoms with Crippen LogP contribution >= 0.6 is 0 Å². The van der Waals surface area contributed by atoms with Gasteiger partial charge in [-0.25, -0.2) is 0 Å². The highest BCUT2D eigenvalue weighted by Crippen LogP contribution is 2.27. The van der Waals surface area contributed by atoms with Crippen molar-refractivity contribution in [2.24, 2.45) is 0 Å². The van der Waals surface area contributed by atoms with Crippen molar-refractivity contribution in [3.05, 3.63) is 59.7 Å². The minimum absolute atomic E-state index is 0.684. The van der Waals surface area contributed by atoms with Gasteiger partial charge in [-0.1, -0.05) is 24.3 Å². The lowest BCUT2D eigenvalue weighted by Crippen LogP contribution is -2.17. The number of anilines is 1. The molecule has 0 bridgehead atoms. The quantitative estimate of drug-likeness (QED) is 0.838. The molecule has 0 aliphatic heterocycles. The second kappa shape index (κ2) is 5.92. The Morgan fingerprint density at radius 3 is 2.42 bits per heavy atom. The molecule has 2 aromatic carbocycles. The highest BCUT2D eigenvalue weighted by Gasteiger charge is 2.07. The van der Waals surface area contributed by atoms with Gasteiger partial charge in [-0.3, -0.25) is 0 Å². The SMILES string of the molecule is COc1ccccc1N(C)Cc1ccc(C#N)cc1. The van der Waals surface area contributed by atoms with Crippen LogP contribution in [0.5, 0.6) is 5.75 Å². The van der Waals surface area contributed by atoms with Crippen molar-refractivity contribution in [2.75, 3.05) is 19.1 Å². The fourth-order valence-electron chi connectivity index (χ4n) is 1.99. The topological polar surface area (TPSA) is 36.3 Å². The van der Waals surface area contributed by atoms with Crippen molar-refractivity contribution in [1.29, 1.82) is 5.26 Å². The Bertz CT molecular complexity index is 584. The zero-order valence-corrected chi connectivity index (χ0v) is 11.1. The van der Waals surface area contributed by atoms with Gasteiger partial charge in [0.1, 0.15) is 5.75 Å². The average molecular weight is 252 g/mol. The summed E-state index contributed by atoms with van der Waals surface area (Å²) >= 11 is 0. The molecule has 0 aliphatic carbocycles. The fraction of sp³-hybridized carbons (Fsp3) is 0.188. The van der Waals surface area contributed by atoms with E-state index in [4.69, 9.17) is 10.00 Å². The second-order valence-electron chi connectivity index (χ2n) is 4.34. The van der Waals surface area contributed by atoms with E-state index in [1.807, 2.05) is 55.6 Å². The lowest BCUT2D eigenvalue weighted by Gasteiger charge is -2.21. The van der Waals surface area contributed by atoms with Gasteiger partial charge in [0.15, 0.2) is 0 Å². The van der Waals surface area contributed by atoms with E-state index in [-0.39, 0.29) is 0 Å². The van der Waals surface area contributed by atoms with Crippen LogP contribution in [0.4, 0.5) is 5.69 Å². The summed E-state index contributed by atoms with van der Waals surface area (Å²) in [6.45, 7) is 0.770. The number of nitriles is 1. The van der Waals surface area contributed by atoms with Gasteiger partial charge in [0, 0.05) is 13.6 Å². The predicted molar refractivity (Wildman–Crippen MR) is 76.3 cm³/mol. The molecule has 3 nitrogen and oxygen atoms in total. The Morgan fingerprint density at radius 2 is 1.79 bits per heavy atom. The van der Waals surface area contributed by atoms with E-state index in [0.29, 0.717) is 5.56 Å². The Labute approximate surface area is 113 Å². The molecule has 0 unspecified atom stereocenters. The van der Waals surface area contributed by atoms with Crippen LogP contribution in [0.3, 0.4) is 0 Å². The number of nitrogens with zero attached hydrogens (tertiary/aromatic N) is 2. The molecule has 0 amide bonds. The molecule has 0 atom stereocenters. The lowest BCUT2D eigenvalue weighted by atomic mass is 10.1. The summed E-state index contributed by atoms with van der Waals surface area (Å²) in [5, 5.41) is 8.78. The monoisotopic (exact) mass is 252 g/mol. The summed E-state index contributed by atoms with van der Waals surface area (Å²) in [5.74, 6) is 0.860. The van der Waals surface area contributed by atoms with Crippen LogP contribution in [0.2, 0.25) is 0 Å². The number of hydrogen-bond acceptors (Lipinski definition) is 3. The third-order valence-electron chi connectivity index (χ3n) is 3.00. The highest BCUT2D eigenvalue weighted by molar-refractivity contribution is 5.58. The number of para-hydroxylation sites is 2. The lowest BCUT2D eigenvalue weighted by molar-refractivity contribution is 0.415. The Morgan fingerprint density at radius 1 is 1.11 bits per heavy atom. The molecule has 0 saturated heterocycles. The highest BCUT2D eigenvalue weighted by atomic mass is 16.5. The van der Waals surface area contributed by atoms with Gasteiger partial charge in [0.25, 0.3) is 0 Å². The molecule has 0 fully saturated rings. The molecule has 0 saturated carbocycles. The third kappa shape index (κ3) is 3.05. The zero-order chi connectivity index (χ0) is 13.7. The van der Waals surface area contributed by atoms with Gasteiger partial charge in [0.05, 0.1) is 24.4 Å². The summed E-state index contributed by atoms with van der Waals surface area (Å²) in [6.07, 6.45) is 0. The first-order valence-corrected chi connectivity index (χ1v) is 6.08. The Hall–Kier alpha value is -2.47. The molecule has 0 N–H and O–H groups in total. The van der Waals surface area contributed by atoms with Gasteiger partial charge in [-0.05, 0) is 29.8 Å². The summed E-state index contributed by atoms with van der Waals surface area (Å²) < 4.78 is 5.36. The Balaban J connectivity index is 2.16. The summed E-state index contributed by atoms with van der Waals surface area (Å²) in [5.41, 5.74) is 2.89. The number of methoxy groups -OCH3 is 1. The van der Waals surface area contributed by atoms with Crippen LogP contribution in [-0.4, -0.2) is 14.2 Å². The van der Waals surface area contributed by atoms with Gasteiger partial charge >= 0.3 is 0 Å².